The number of amides is 1. The lowest BCUT2D eigenvalue weighted by Gasteiger charge is -2.24. The Bertz CT molecular complexity index is 687. The number of halogens is 3. The van der Waals surface area contributed by atoms with Crippen LogP contribution in [0.4, 0.5) is 8.78 Å². The van der Waals surface area contributed by atoms with E-state index in [4.69, 9.17) is 0 Å². The van der Waals surface area contributed by atoms with E-state index >= 15 is 0 Å². The second-order valence-electron chi connectivity index (χ2n) is 6.05. The molecule has 0 aromatic carbocycles. The summed E-state index contributed by atoms with van der Waals surface area (Å²) in [6.45, 7) is 3.02. The highest BCUT2D eigenvalue weighted by Crippen LogP contribution is 2.38. The Kier molecular flexibility index (Phi) is 4.53. The highest BCUT2D eigenvalue weighted by Gasteiger charge is 2.38. The molecule has 3 unspecified atom stereocenters. The molecule has 0 saturated carbocycles. The van der Waals surface area contributed by atoms with E-state index in [1.165, 1.54) is 34.7 Å². The van der Waals surface area contributed by atoms with Gasteiger partial charge in [-0.3, -0.25) is 9.78 Å². The van der Waals surface area contributed by atoms with Crippen molar-refractivity contribution >= 4 is 28.5 Å². The van der Waals surface area contributed by atoms with Gasteiger partial charge in [0, 0.05) is 37.8 Å². The summed E-state index contributed by atoms with van der Waals surface area (Å²) < 4.78 is 25.7. The van der Waals surface area contributed by atoms with Gasteiger partial charge in [-0.1, -0.05) is 6.08 Å². The molecule has 3 atom stereocenters. The van der Waals surface area contributed by atoms with Gasteiger partial charge < -0.3 is 4.90 Å². The molecule has 1 fully saturated rings. The number of hydrogen-bond acceptors (Lipinski definition) is 2. The van der Waals surface area contributed by atoms with E-state index in [2.05, 4.69) is 4.98 Å². The Morgan fingerprint density at radius 2 is 2.30 bits per heavy atom. The molecule has 3 nitrogen and oxygen atoms in total. The first-order valence-corrected chi connectivity index (χ1v) is 8.55. The number of allylic oxidation sites excluding steroid dienone is 3. The molecule has 0 spiro atoms. The van der Waals surface area contributed by atoms with Crippen LogP contribution in [0.2, 0.25) is 0 Å². The normalized spacial score (nSPS) is 30.7. The summed E-state index contributed by atoms with van der Waals surface area (Å²) in [5.74, 6) is -0.0332. The summed E-state index contributed by atoms with van der Waals surface area (Å²) in [5.41, 5.74) is 2.81. The summed E-state index contributed by atoms with van der Waals surface area (Å²) >= 11 is 1.46. The van der Waals surface area contributed by atoms with Gasteiger partial charge in [0.1, 0.15) is 0 Å². The van der Waals surface area contributed by atoms with Gasteiger partial charge in [-0.2, -0.15) is 0 Å². The fourth-order valence-corrected chi connectivity index (χ4v) is 3.30. The topological polar surface area (TPSA) is 33.2 Å². The van der Waals surface area contributed by atoms with E-state index in [0.717, 1.165) is 11.1 Å². The number of carbonyl (C=O) groups excluding carboxylic acids is 1. The van der Waals surface area contributed by atoms with Crippen LogP contribution < -0.4 is 0 Å². The fraction of sp³-hybridized carbons (Fsp3) is 0.412. The molecule has 2 aliphatic rings. The largest absolute Gasteiger partial charge is 0.338 e. The molecular weight excluding hydrogens is 413 g/mol. The van der Waals surface area contributed by atoms with E-state index in [1.807, 2.05) is 13.0 Å². The maximum absolute atomic E-state index is 13.8. The van der Waals surface area contributed by atoms with Crippen molar-refractivity contribution in [2.75, 3.05) is 6.54 Å². The van der Waals surface area contributed by atoms with Crippen LogP contribution in [0.3, 0.4) is 0 Å². The zero-order chi connectivity index (χ0) is 16.6. The summed E-state index contributed by atoms with van der Waals surface area (Å²) in [4.78, 5) is 18.1. The molecule has 23 heavy (non-hydrogen) atoms. The van der Waals surface area contributed by atoms with Crippen molar-refractivity contribution in [3.63, 3.8) is 0 Å². The van der Waals surface area contributed by atoms with E-state index < -0.39 is 9.85 Å². The molecule has 1 aliphatic heterocycles. The lowest BCUT2D eigenvalue weighted by molar-refractivity contribution is -0.128. The number of aryl methyl sites for hydroxylation is 1. The van der Waals surface area contributed by atoms with Crippen molar-refractivity contribution in [2.24, 2.45) is 5.92 Å². The first-order valence-electron chi connectivity index (χ1n) is 7.47. The molecule has 1 aromatic rings. The van der Waals surface area contributed by atoms with Gasteiger partial charge in [0.15, 0.2) is 6.17 Å². The van der Waals surface area contributed by atoms with E-state index in [-0.39, 0.29) is 11.8 Å². The number of likely N-dealkylation sites (tertiary alicyclic amines) is 1. The van der Waals surface area contributed by atoms with Crippen molar-refractivity contribution in [3.8, 4) is 0 Å². The van der Waals surface area contributed by atoms with Gasteiger partial charge >= 0.3 is 0 Å². The number of aromatic nitrogens is 1. The van der Waals surface area contributed by atoms with Crippen LogP contribution in [0.1, 0.15) is 17.5 Å². The van der Waals surface area contributed by atoms with Gasteiger partial charge in [0.2, 0.25) is 9.58 Å². The maximum Gasteiger partial charge on any atom is 0.223 e. The molecule has 1 amide bonds. The quantitative estimate of drug-likeness (QED) is 0.542. The highest BCUT2D eigenvalue weighted by atomic mass is 127. The molecule has 0 bridgehead atoms. The molecule has 1 aliphatic carbocycles. The Morgan fingerprint density at radius 1 is 1.52 bits per heavy atom. The smallest absolute Gasteiger partial charge is 0.223 e. The Balaban J connectivity index is 1.71. The highest BCUT2D eigenvalue weighted by molar-refractivity contribution is 14.1. The summed E-state index contributed by atoms with van der Waals surface area (Å²) in [6, 6.07) is 1.90. The second kappa shape index (κ2) is 6.30. The van der Waals surface area contributed by atoms with Crippen LogP contribution in [0.5, 0.6) is 0 Å². The van der Waals surface area contributed by atoms with Crippen LogP contribution >= 0.6 is 22.6 Å². The van der Waals surface area contributed by atoms with Crippen molar-refractivity contribution < 1.29 is 13.6 Å². The number of nitrogens with zero attached hydrogens (tertiary/aromatic N) is 2. The molecule has 2 heterocycles. The Labute approximate surface area is 147 Å². The number of alkyl halides is 3. The molecule has 0 radical (unpaired) electrons. The Morgan fingerprint density at radius 3 is 3.00 bits per heavy atom. The first-order chi connectivity index (χ1) is 10.9. The molecule has 1 saturated heterocycles. The molecular formula is C17H17F2IN2O. The molecule has 3 rings (SSSR count). The molecule has 6 heteroatoms. The van der Waals surface area contributed by atoms with Crippen molar-refractivity contribution in [3.05, 3.63) is 53.4 Å². The van der Waals surface area contributed by atoms with Crippen molar-refractivity contribution in [2.45, 2.75) is 29.7 Å². The zero-order valence-corrected chi connectivity index (χ0v) is 14.8. The predicted octanol–water partition coefficient (Wildman–Crippen LogP) is 3.67. The van der Waals surface area contributed by atoms with Gasteiger partial charge in [0.05, 0.1) is 0 Å². The lowest BCUT2D eigenvalue weighted by Crippen LogP contribution is -2.28. The third kappa shape index (κ3) is 3.46. The van der Waals surface area contributed by atoms with Crippen LogP contribution in [0.25, 0.3) is 0 Å². The summed E-state index contributed by atoms with van der Waals surface area (Å²) in [6.07, 6.45) is 6.32. The number of pyridine rings is 1. The van der Waals surface area contributed by atoms with Crippen LogP contribution in [-0.2, 0) is 11.3 Å². The average molecular weight is 430 g/mol. The Hall–Kier alpha value is -1.31. The molecule has 0 N–H and O–H groups in total. The van der Waals surface area contributed by atoms with E-state index in [1.54, 1.807) is 23.4 Å². The summed E-state index contributed by atoms with van der Waals surface area (Å²) in [5, 5.41) is 0. The SMILES string of the molecule is Cc1cnccc1CN1CC(C2=CC(F)C(F)(I)C=C2)CC1=O. The second-order valence-corrected chi connectivity index (χ2v) is 7.71. The van der Waals surface area contributed by atoms with E-state index in [9.17, 15) is 13.6 Å². The van der Waals surface area contributed by atoms with Crippen LogP contribution in [0, 0.1) is 12.8 Å². The standard InChI is InChI=1S/C17H17F2IN2O/c1-11-8-21-5-3-13(11)9-22-10-14(7-16(22)23)12-2-4-17(19,20)15(18)6-12/h2-6,8,14-15H,7,9-10H2,1H3. The molecule has 122 valence electrons. The van der Waals surface area contributed by atoms with Crippen molar-refractivity contribution in [1.29, 1.82) is 0 Å². The third-order valence-electron chi connectivity index (χ3n) is 4.39. The monoisotopic (exact) mass is 430 g/mol. The fourth-order valence-electron chi connectivity index (χ4n) is 2.94. The maximum atomic E-state index is 13.8. The van der Waals surface area contributed by atoms with E-state index in [0.29, 0.717) is 25.1 Å². The average Bonchev–Trinajstić information content (AvgIpc) is 2.85. The van der Waals surface area contributed by atoms with Crippen LogP contribution in [0.15, 0.2) is 42.3 Å². The van der Waals surface area contributed by atoms with Crippen molar-refractivity contribution in [1.82, 2.24) is 9.88 Å². The van der Waals surface area contributed by atoms with Gasteiger partial charge in [-0.15, -0.1) is 0 Å². The molecule has 1 aromatic heterocycles. The van der Waals surface area contributed by atoms with Gasteiger partial charge in [0.25, 0.3) is 0 Å². The first kappa shape index (κ1) is 16.5. The number of hydrogen-bond donors (Lipinski definition) is 0. The van der Waals surface area contributed by atoms with Gasteiger partial charge in [-0.25, -0.2) is 8.78 Å². The third-order valence-corrected chi connectivity index (χ3v) is 5.34. The number of carbonyl (C=O) groups is 1. The number of rotatable bonds is 3. The minimum Gasteiger partial charge on any atom is -0.338 e. The van der Waals surface area contributed by atoms with Crippen LogP contribution in [-0.4, -0.2) is 32.2 Å². The zero-order valence-electron chi connectivity index (χ0n) is 12.7. The summed E-state index contributed by atoms with van der Waals surface area (Å²) in [7, 11) is 0. The minimum atomic E-state index is -1.99. The predicted molar refractivity (Wildman–Crippen MR) is 92.5 cm³/mol. The van der Waals surface area contributed by atoms with Gasteiger partial charge in [-0.05, 0) is 64.4 Å². The lowest BCUT2D eigenvalue weighted by atomic mass is 9.92. The minimum absolute atomic E-state index is 0.0440.